The molecule has 3 rings (SSSR count). The average molecular weight is 404 g/mol. The molecule has 0 radical (unpaired) electrons. The molecule has 2 aliphatic rings. The van der Waals surface area contributed by atoms with Gasteiger partial charge >= 0.3 is 5.97 Å². The zero-order valence-electron chi connectivity index (χ0n) is 10.9. The summed E-state index contributed by atoms with van der Waals surface area (Å²) in [4.78, 5) is 15.8. The molecule has 4 nitrogen and oxygen atoms in total. The second-order valence-electron chi connectivity index (χ2n) is 5.69. The van der Waals surface area contributed by atoms with Gasteiger partial charge in [-0.1, -0.05) is 0 Å². The summed E-state index contributed by atoms with van der Waals surface area (Å²) in [5, 5.41) is 12.9. The summed E-state index contributed by atoms with van der Waals surface area (Å²) < 4.78 is 1.87. The van der Waals surface area contributed by atoms with E-state index in [1.165, 1.54) is 0 Å². The van der Waals surface area contributed by atoms with E-state index in [0.717, 1.165) is 33.9 Å². The van der Waals surface area contributed by atoms with Crippen molar-refractivity contribution < 1.29 is 9.90 Å². The van der Waals surface area contributed by atoms with Crippen LogP contribution in [-0.4, -0.2) is 22.1 Å². The largest absolute Gasteiger partial charge is 0.481 e. The van der Waals surface area contributed by atoms with Crippen LogP contribution in [0.3, 0.4) is 0 Å². The molecule has 0 spiro atoms. The number of aromatic nitrogens is 1. The molecule has 1 aromatic heterocycles. The number of carbonyl (C=O) groups is 1. The van der Waals surface area contributed by atoms with Crippen molar-refractivity contribution in [3.63, 3.8) is 0 Å². The van der Waals surface area contributed by atoms with Crippen molar-refractivity contribution in [1.29, 1.82) is 0 Å². The molecule has 2 bridgehead atoms. The molecule has 1 heterocycles. The molecule has 20 heavy (non-hydrogen) atoms. The van der Waals surface area contributed by atoms with E-state index in [2.05, 4.69) is 42.2 Å². The highest BCUT2D eigenvalue weighted by atomic mass is 79.9. The molecule has 0 amide bonds. The number of halogens is 2. The van der Waals surface area contributed by atoms with Crippen LogP contribution >= 0.6 is 31.9 Å². The van der Waals surface area contributed by atoms with E-state index < -0.39 is 5.97 Å². The summed E-state index contributed by atoms with van der Waals surface area (Å²) in [6.07, 6.45) is 5.04. The molecule has 0 aromatic carbocycles. The van der Waals surface area contributed by atoms with Gasteiger partial charge in [-0.25, -0.2) is 0 Å². The Morgan fingerprint density at radius 3 is 2.85 bits per heavy atom. The summed E-state index contributed by atoms with van der Waals surface area (Å²) in [7, 11) is 0. The van der Waals surface area contributed by atoms with Gasteiger partial charge in [0.2, 0.25) is 0 Å². The first-order chi connectivity index (χ1) is 9.56. The van der Waals surface area contributed by atoms with Crippen LogP contribution in [0.25, 0.3) is 0 Å². The number of hydrogen-bond acceptors (Lipinski definition) is 3. The quantitative estimate of drug-likeness (QED) is 0.810. The molecule has 108 valence electrons. The first kappa shape index (κ1) is 14.5. The molecule has 4 atom stereocenters. The van der Waals surface area contributed by atoms with Gasteiger partial charge < -0.3 is 10.4 Å². The molecule has 2 N–H and O–H groups in total. The fourth-order valence-corrected chi connectivity index (χ4v) is 4.86. The summed E-state index contributed by atoms with van der Waals surface area (Å²) in [5.74, 6) is -0.0212. The van der Waals surface area contributed by atoms with Crippen LogP contribution in [0.15, 0.2) is 21.2 Å². The van der Waals surface area contributed by atoms with Crippen molar-refractivity contribution >= 4 is 37.8 Å². The van der Waals surface area contributed by atoms with Gasteiger partial charge in [-0.2, -0.15) is 0 Å². The van der Waals surface area contributed by atoms with E-state index in [4.69, 9.17) is 0 Å². The maximum atomic E-state index is 11.5. The predicted octanol–water partition coefficient (Wildman–Crippen LogP) is 3.20. The number of pyridine rings is 1. The smallest absolute Gasteiger partial charge is 0.308 e. The zero-order valence-corrected chi connectivity index (χ0v) is 14.0. The Bertz CT molecular complexity index is 538. The van der Waals surface area contributed by atoms with Crippen molar-refractivity contribution in [3.05, 3.63) is 26.9 Å². The normalized spacial score (nSPS) is 31.7. The minimum absolute atomic E-state index is 0.0867. The third-order valence-corrected chi connectivity index (χ3v) is 5.71. The Labute approximate surface area is 134 Å². The summed E-state index contributed by atoms with van der Waals surface area (Å²) in [5.41, 5.74) is 0.917. The van der Waals surface area contributed by atoms with E-state index >= 15 is 0 Å². The van der Waals surface area contributed by atoms with Crippen molar-refractivity contribution in [1.82, 2.24) is 10.3 Å². The Balaban J connectivity index is 1.70. The molecule has 2 aliphatic carbocycles. The predicted molar refractivity (Wildman–Crippen MR) is 82.2 cm³/mol. The first-order valence-corrected chi connectivity index (χ1v) is 8.41. The SMILES string of the molecule is O=C(O)C1C2CCC(C2)C1NCc1ncc(Br)cc1Br. The van der Waals surface area contributed by atoms with Gasteiger partial charge in [0.1, 0.15) is 0 Å². The summed E-state index contributed by atoms with van der Waals surface area (Å²) in [6.45, 7) is 0.603. The average Bonchev–Trinajstić information content (AvgIpc) is 2.97. The number of hydrogen-bond donors (Lipinski definition) is 2. The van der Waals surface area contributed by atoms with Gasteiger partial charge in [0.25, 0.3) is 0 Å². The minimum Gasteiger partial charge on any atom is -0.481 e. The lowest BCUT2D eigenvalue weighted by Crippen LogP contribution is -2.44. The van der Waals surface area contributed by atoms with Crippen molar-refractivity contribution in [2.45, 2.75) is 31.8 Å². The maximum Gasteiger partial charge on any atom is 0.308 e. The second-order valence-corrected chi connectivity index (χ2v) is 7.46. The Hall–Kier alpha value is -0.460. The third-order valence-electron chi connectivity index (χ3n) is 4.59. The van der Waals surface area contributed by atoms with E-state index in [-0.39, 0.29) is 12.0 Å². The number of carboxylic acids is 1. The van der Waals surface area contributed by atoms with Gasteiger partial charge in [0.05, 0.1) is 11.6 Å². The number of carboxylic acid groups (broad SMARTS) is 1. The van der Waals surface area contributed by atoms with E-state index in [1.54, 1.807) is 6.20 Å². The minimum atomic E-state index is -0.655. The first-order valence-electron chi connectivity index (χ1n) is 6.82. The third kappa shape index (κ3) is 2.65. The maximum absolute atomic E-state index is 11.5. The van der Waals surface area contributed by atoms with Gasteiger partial charge in [-0.3, -0.25) is 9.78 Å². The van der Waals surface area contributed by atoms with E-state index in [9.17, 15) is 9.90 Å². The molecular formula is C14H16Br2N2O2. The van der Waals surface area contributed by atoms with Crippen LogP contribution < -0.4 is 5.32 Å². The standard InChI is InChI=1S/C14H16Br2N2O2/c15-9-4-10(16)11(17-5-9)6-18-13-8-2-1-7(3-8)12(13)14(19)20/h4-5,7-8,12-13,18H,1-3,6H2,(H,19,20). The van der Waals surface area contributed by atoms with E-state index in [0.29, 0.717) is 18.4 Å². The summed E-state index contributed by atoms with van der Waals surface area (Å²) in [6, 6.07) is 2.04. The number of fused-ring (bicyclic) bond motifs is 2. The molecule has 0 aliphatic heterocycles. The monoisotopic (exact) mass is 402 g/mol. The molecule has 4 unspecified atom stereocenters. The fourth-order valence-electron chi connectivity index (χ4n) is 3.73. The molecule has 1 aromatic rings. The zero-order chi connectivity index (χ0) is 14.3. The molecule has 6 heteroatoms. The van der Waals surface area contributed by atoms with Crippen molar-refractivity contribution in [3.8, 4) is 0 Å². The lowest BCUT2D eigenvalue weighted by Gasteiger charge is -2.29. The second kappa shape index (κ2) is 5.73. The van der Waals surface area contributed by atoms with Crippen molar-refractivity contribution in [2.75, 3.05) is 0 Å². The Kier molecular flexibility index (Phi) is 4.15. The number of nitrogens with zero attached hydrogens (tertiary/aromatic N) is 1. The molecular weight excluding hydrogens is 388 g/mol. The number of aliphatic carboxylic acids is 1. The van der Waals surface area contributed by atoms with Gasteiger partial charge in [0.15, 0.2) is 0 Å². The highest BCUT2D eigenvalue weighted by molar-refractivity contribution is 9.11. The van der Waals surface area contributed by atoms with Gasteiger partial charge in [-0.15, -0.1) is 0 Å². The van der Waals surface area contributed by atoms with Crippen LogP contribution in [0, 0.1) is 17.8 Å². The van der Waals surface area contributed by atoms with Crippen LogP contribution in [0.4, 0.5) is 0 Å². The fraction of sp³-hybridized carbons (Fsp3) is 0.571. The van der Waals surface area contributed by atoms with Crippen LogP contribution in [0.5, 0.6) is 0 Å². The van der Waals surface area contributed by atoms with Crippen LogP contribution in [-0.2, 0) is 11.3 Å². The van der Waals surface area contributed by atoms with Gasteiger partial charge in [-0.05, 0) is 69.0 Å². The van der Waals surface area contributed by atoms with Crippen LogP contribution in [0.2, 0.25) is 0 Å². The Morgan fingerprint density at radius 2 is 2.15 bits per heavy atom. The topological polar surface area (TPSA) is 62.2 Å². The van der Waals surface area contributed by atoms with Crippen molar-refractivity contribution in [2.24, 2.45) is 17.8 Å². The molecule has 2 saturated carbocycles. The molecule has 2 fully saturated rings. The number of nitrogens with one attached hydrogen (secondary N) is 1. The summed E-state index contributed by atoms with van der Waals surface area (Å²) >= 11 is 6.87. The highest BCUT2D eigenvalue weighted by Gasteiger charge is 2.50. The van der Waals surface area contributed by atoms with Gasteiger partial charge in [0, 0.05) is 27.7 Å². The lowest BCUT2D eigenvalue weighted by atomic mass is 9.84. The highest BCUT2D eigenvalue weighted by Crippen LogP contribution is 2.48. The molecule has 0 saturated heterocycles. The Morgan fingerprint density at radius 1 is 1.40 bits per heavy atom. The lowest BCUT2D eigenvalue weighted by molar-refractivity contribution is -0.144. The van der Waals surface area contributed by atoms with Crippen LogP contribution in [0.1, 0.15) is 25.0 Å². The van der Waals surface area contributed by atoms with E-state index in [1.807, 2.05) is 6.07 Å². The number of rotatable bonds is 4.